The Morgan fingerprint density at radius 1 is 0.838 bits per heavy atom. The summed E-state index contributed by atoms with van der Waals surface area (Å²) >= 11 is 0. The molecular weight excluding hydrogens is 493 g/mol. The molecule has 1 aliphatic carbocycles. The van der Waals surface area contributed by atoms with Crippen molar-refractivity contribution < 1.29 is 22.4 Å². The first kappa shape index (κ1) is 26.5. The van der Waals surface area contributed by atoms with Crippen LogP contribution in [-0.2, 0) is 32.6 Å². The largest absolute Gasteiger partial charge is 0.356 e. The van der Waals surface area contributed by atoms with E-state index in [1.54, 1.807) is 42.5 Å². The SMILES string of the molecule is NS(=O)(=O)c1ccccc1-c1ccc(CNC(=O)[C@@H]2CCC[C@H]2C(=O)NCCc2ccc(F)cc2)cc1. The smallest absolute Gasteiger partial charge is 0.238 e. The lowest BCUT2D eigenvalue weighted by Gasteiger charge is -2.19. The van der Waals surface area contributed by atoms with Crippen LogP contribution in [0.2, 0.25) is 0 Å². The minimum atomic E-state index is -3.86. The molecular formula is C28H30FN3O4S. The molecule has 0 heterocycles. The zero-order chi connectivity index (χ0) is 26.4. The van der Waals surface area contributed by atoms with Crippen LogP contribution in [0.5, 0.6) is 0 Å². The maximum absolute atomic E-state index is 13.0. The highest BCUT2D eigenvalue weighted by Gasteiger charge is 2.37. The molecule has 3 aromatic carbocycles. The number of halogens is 1. The maximum Gasteiger partial charge on any atom is 0.238 e. The van der Waals surface area contributed by atoms with Crippen LogP contribution in [0.15, 0.2) is 77.7 Å². The maximum atomic E-state index is 13.0. The van der Waals surface area contributed by atoms with E-state index >= 15 is 0 Å². The van der Waals surface area contributed by atoms with E-state index in [2.05, 4.69) is 10.6 Å². The molecule has 9 heteroatoms. The first-order valence-corrected chi connectivity index (χ1v) is 13.8. The molecule has 0 spiro atoms. The molecule has 4 rings (SSSR count). The highest BCUT2D eigenvalue weighted by Crippen LogP contribution is 2.32. The number of nitrogens with one attached hydrogen (secondary N) is 2. The molecule has 2 atom stereocenters. The Hall–Kier alpha value is -3.56. The first-order valence-electron chi connectivity index (χ1n) is 12.2. The third-order valence-corrected chi connectivity index (χ3v) is 7.71. The monoisotopic (exact) mass is 523 g/mol. The van der Waals surface area contributed by atoms with E-state index in [-0.39, 0.29) is 34.4 Å². The van der Waals surface area contributed by atoms with Crippen LogP contribution in [0.25, 0.3) is 11.1 Å². The molecule has 7 nitrogen and oxygen atoms in total. The molecule has 1 aliphatic rings. The van der Waals surface area contributed by atoms with Gasteiger partial charge in [0.05, 0.1) is 4.90 Å². The predicted octanol–water partition coefficient (Wildman–Crippen LogP) is 3.53. The third kappa shape index (κ3) is 6.81. The van der Waals surface area contributed by atoms with Crippen LogP contribution >= 0.6 is 0 Å². The number of hydrogen-bond donors (Lipinski definition) is 3. The fourth-order valence-electron chi connectivity index (χ4n) is 4.78. The number of sulfonamides is 1. The number of rotatable bonds is 9. The minimum absolute atomic E-state index is 0.0549. The zero-order valence-electron chi connectivity index (χ0n) is 20.3. The van der Waals surface area contributed by atoms with E-state index in [0.717, 1.165) is 17.5 Å². The summed E-state index contributed by atoms with van der Waals surface area (Å²) in [4.78, 5) is 25.7. The van der Waals surface area contributed by atoms with E-state index in [4.69, 9.17) is 5.14 Å². The highest BCUT2D eigenvalue weighted by atomic mass is 32.2. The van der Waals surface area contributed by atoms with Crippen molar-refractivity contribution in [3.8, 4) is 11.1 Å². The summed E-state index contributed by atoms with van der Waals surface area (Å²) in [7, 11) is -3.86. The molecule has 194 valence electrons. The van der Waals surface area contributed by atoms with Crippen LogP contribution in [0, 0.1) is 17.7 Å². The van der Waals surface area contributed by atoms with Gasteiger partial charge in [-0.1, -0.05) is 61.0 Å². The number of carbonyl (C=O) groups excluding carboxylic acids is 2. The van der Waals surface area contributed by atoms with Gasteiger partial charge >= 0.3 is 0 Å². The first-order chi connectivity index (χ1) is 17.7. The van der Waals surface area contributed by atoms with E-state index in [1.807, 2.05) is 12.1 Å². The van der Waals surface area contributed by atoms with Gasteiger partial charge in [0.2, 0.25) is 21.8 Å². The quantitative estimate of drug-likeness (QED) is 0.398. The van der Waals surface area contributed by atoms with Gasteiger partial charge in [-0.15, -0.1) is 0 Å². The molecule has 0 aromatic heterocycles. The van der Waals surface area contributed by atoms with Gasteiger partial charge in [0.15, 0.2) is 0 Å². The Bertz CT molecular complexity index is 1360. The lowest BCUT2D eigenvalue weighted by molar-refractivity contribution is -0.133. The molecule has 0 radical (unpaired) electrons. The van der Waals surface area contributed by atoms with Crippen LogP contribution < -0.4 is 15.8 Å². The number of nitrogens with two attached hydrogens (primary N) is 1. The van der Waals surface area contributed by atoms with Crippen molar-refractivity contribution in [3.05, 3.63) is 89.7 Å². The zero-order valence-corrected chi connectivity index (χ0v) is 21.1. The van der Waals surface area contributed by atoms with Crippen LogP contribution in [-0.4, -0.2) is 26.8 Å². The van der Waals surface area contributed by atoms with Gasteiger partial charge in [-0.3, -0.25) is 9.59 Å². The lowest BCUT2D eigenvalue weighted by atomic mass is 9.94. The van der Waals surface area contributed by atoms with E-state index in [0.29, 0.717) is 43.5 Å². The standard InChI is InChI=1S/C28H30FN3O4S/c29-22-14-10-19(11-15-22)16-17-31-27(33)24-5-3-6-25(24)28(34)32-18-20-8-12-21(13-9-20)23-4-1-2-7-26(23)37(30,35)36/h1-2,4,7-15,24-25H,3,5-6,16-18H2,(H,31,33)(H,32,34)(H2,30,35,36)/t24-,25-/m1/s1. The third-order valence-electron chi connectivity index (χ3n) is 6.74. The minimum Gasteiger partial charge on any atom is -0.356 e. The van der Waals surface area contributed by atoms with Crippen molar-refractivity contribution in [1.29, 1.82) is 0 Å². The van der Waals surface area contributed by atoms with Gasteiger partial charge in [-0.25, -0.2) is 17.9 Å². The summed E-state index contributed by atoms with van der Waals surface area (Å²) in [5, 5.41) is 11.2. The summed E-state index contributed by atoms with van der Waals surface area (Å²) in [5.41, 5.74) is 3.00. The number of carbonyl (C=O) groups is 2. The average Bonchev–Trinajstić information content (AvgIpc) is 3.39. The summed E-state index contributed by atoms with van der Waals surface area (Å²) in [6.45, 7) is 0.724. The van der Waals surface area contributed by atoms with Crippen molar-refractivity contribution in [2.75, 3.05) is 6.54 Å². The molecule has 0 unspecified atom stereocenters. The molecule has 1 fully saturated rings. The van der Waals surface area contributed by atoms with Crippen LogP contribution in [0.3, 0.4) is 0 Å². The number of amides is 2. The molecule has 1 saturated carbocycles. The van der Waals surface area contributed by atoms with E-state index in [9.17, 15) is 22.4 Å². The van der Waals surface area contributed by atoms with E-state index in [1.165, 1.54) is 18.2 Å². The van der Waals surface area contributed by atoms with Gasteiger partial charge in [0.25, 0.3) is 0 Å². The number of benzene rings is 3. The summed E-state index contributed by atoms with van der Waals surface area (Å²) < 4.78 is 36.8. The van der Waals surface area contributed by atoms with Crippen molar-refractivity contribution in [2.45, 2.75) is 37.1 Å². The summed E-state index contributed by atoms with van der Waals surface area (Å²) in [6, 6.07) is 19.9. The Morgan fingerprint density at radius 2 is 1.43 bits per heavy atom. The second-order valence-corrected chi connectivity index (χ2v) is 10.8. The van der Waals surface area contributed by atoms with Gasteiger partial charge in [0, 0.05) is 30.5 Å². The second-order valence-electron chi connectivity index (χ2n) is 9.27. The molecule has 0 bridgehead atoms. The molecule has 4 N–H and O–H groups in total. The topological polar surface area (TPSA) is 118 Å². The predicted molar refractivity (Wildman–Crippen MR) is 139 cm³/mol. The molecule has 0 aliphatic heterocycles. The fourth-order valence-corrected chi connectivity index (χ4v) is 5.54. The number of hydrogen-bond acceptors (Lipinski definition) is 4. The Kier molecular flexibility index (Phi) is 8.35. The normalized spacial score (nSPS) is 17.4. The van der Waals surface area contributed by atoms with Crippen molar-refractivity contribution in [2.24, 2.45) is 17.0 Å². The highest BCUT2D eigenvalue weighted by molar-refractivity contribution is 7.89. The van der Waals surface area contributed by atoms with Crippen molar-refractivity contribution in [3.63, 3.8) is 0 Å². The Morgan fingerprint density at radius 3 is 2.08 bits per heavy atom. The average molecular weight is 524 g/mol. The second kappa shape index (κ2) is 11.7. The van der Waals surface area contributed by atoms with Crippen LogP contribution in [0.1, 0.15) is 30.4 Å². The molecule has 37 heavy (non-hydrogen) atoms. The van der Waals surface area contributed by atoms with E-state index < -0.39 is 10.0 Å². The molecule has 0 saturated heterocycles. The van der Waals surface area contributed by atoms with Gasteiger partial charge in [0.1, 0.15) is 5.82 Å². The van der Waals surface area contributed by atoms with Crippen molar-refractivity contribution >= 4 is 21.8 Å². The number of primary sulfonamides is 1. The Labute approximate surface area is 216 Å². The van der Waals surface area contributed by atoms with Gasteiger partial charge < -0.3 is 10.6 Å². The summed E-state index contributed by atoms with van der Waals surface area (Å²) in [6.07, 6.45) is 2.73. The fraction of sp³-hybridized carbons (Fsp3) is 0.286. The van der Waals surface area contributed by atoms with Gasteiger partial charge in [-0.05, 0) is 54.2 Å². The summed E-state index contributed by atoms with van der Waals surface area (Å²) in [5.74, 6) is -1.33. The Balaban J connectivity index is 1.30. The van der Waals surface area contributed by atoms with Crippen molar-refractivity contribution in [1.82, 2.24) is 10.6 Å². The van der Waals surface area contributed by atoms with Gasteiger partial charge in [-0.2, -0.15) is 0 Å². The molecule has 2 amide bonds. The lowest BCUT2D eigenvalue weighted by Crippen LogP contribution is -2.40. The van der Waals surface area contributed by atoms with Crippen LogP contribution in [0.4, 0.5) is 4.39 Å². The molecule has 3 aromatic rings.